The topological polar surface area (TPSA) is 75.3 Å². The number of rotatable bonds is 6. The minimum atomic E-state index is -1.71. The largest absolute Gasteiger partial charge is 0.503 e. The fourth-order valence-electron chi connectivity index (χ4n) is 1.50. The van der Waals surface area contributed by atoms with Gasteiger partial charge in [-0.05, 0) is 25.5 Å². The molecule has 0 saturated heterocycles. The molecule has 4 nitrogen and oxygen atoms in total. The summed E-state index contributed by atoms with van der Waals surface area (Å²) < 4.78 is 39.2. The molecule has 0 aromatic heterocycles. The summed E-state index contributed by atoms with van der Waals surface area (Å²) in [5.74, 6) is -7.06. The molecule has 0 radical (unpaired) electrons. The van der Waals surface area contributed by atoms with Gasteiger partial charge in [-0.15, -0.1) is 0 Å². The van der Waals surface area contributed by atoms with Crippen molar-refractivity contribution in [2.24, 2.45) is 5.73 Å². The first-order valence-electron chi connectivity index (χ1n) is 5.83. The molecule has 0 unspecified atom stereocenters. The summed E-state index contributed by atoms with van der Waals surface area (Å²) in [6, 6.07) is 0.416. The van der Waals surface area contributed by atoms with Crippen molar-refractivity contribution in [2.75, 3.05) is 13.1 Å². The van der Waals surface area contributed by atoms with E-state index in [2.05, 4.69) is 5.32 Å². The number of phenols is 1. The van der Waals surface area contributed by atoms with Crippen molar-refractivity contribution >= 4 is 5.91 Å². The molecule has 19 heavy (non-hydrogen) atoms. The Bertz CT molecular complexity index is 467. The van der Waals surface area contributed by atoms with E-state index in [1.54, 1.807) is 0 Å². The van der Waals surface area contributed by atoms with Crippen molar-refractivity contribution < 1.29 is 23.1 Å². The van der Waals surface area contributed by atoms with Crippen LogP contribution in [0.15, 0.2) is 6.07 Å². The maximum Gasteiger partial charge on any atom is 0.254 e. The van der Waals surface area contributed by atoms with Crippen LogP contribution in [-0.4, -0.2) is 24.1 Å². The fourth-order valence-corrected chi connectivity index (χ4v) is 1.50. The molecular weight excluding hydrogens is 261 g/mol. The lowest BCUT2D eigenvalue weighted by Crippen LogP contribution is -2.26. The third-order valence-electron chi connectivity index (χ3n) is 2.54. The van der Waals surface area contributed by atoms with E-state index in [4.69, 9.17) is 10.8 Å². The predicted molar refractivity (Wildman–Crippen MR) is 63.2 cm³/mol. The van der Waals surface area contributed by atoms with Crippen molar-refractivity contribution in [2.45, 2.75) is 19.3 Å². The third-order valence-corrected chi connectivity index (χ3v) is 2.54. The molecule has 1 aromatic carbocycles. The number of hydrogen-bond acceptors (Lipinski definition) is 3. The monoisotopic (exact) mass is 276 g/mol. The van der Waals surface area contributed by atoms with E-state index in [-0.39, 0.29) is 6.54 Å². The summed E-state index contributed by atoms with van der Waals surface area (Å²) in [5.41, 5.74) is 4.56. The highest BCUT2D eigenvalue weighted by Gasteiger charge is 2.22. The molecule has 4 N–H and O–H groups in total. The zero-order valence-electron chi connectivity index (χ0n) is 10.2. The second-order valence-corrected chi connectivity index (χ2v) is 3.99. The van der Waals surface area contributed by atoms with E-state index in [0.717, 1.165) is 12.8 Å². The van der Waals surface area contributed by atoms with Crippen LogP contribution in [0.1, 0.15) is 29.6 Å². The number of benzene rings is 1. The molecule has 0 heterocycles. The van der Waals surface area contributed by atoms with Gasteiger partial charge in [-0.25, -0.2) is 8.78 Å². The van der Waals surface area contributed by atoms with Crippen LogP contribution in [0.25, 0.3) is 0 Å². The molecule has 1 rings (SSSR count). The van der Waals surface area contributed by atoms with E-state index < -0.39 is 34.7 Å². The lowest BCUT2D eigenvalue weighted by atomic mass is 10.1. The first kappa shape index (κ1) is 15.3. The summed E-state index contributed by atoms with van der Waals surface area (Å²) in [7, 11) is 0. The molecule has 0 saturated carbocycles. The van der Waals surface area contributed by atoms with Gasteiger partial charge in [0.1, 0.15) is 0 Å². The summed E-state index contributed by atoms with van der Waals surface area (Å²) in [6.07, 6.45) is 2.23. The highest BCUT2D eigenvalue weighted by Crippen LogP contribution is 2.25. The average molecular weight is 276 g/mol. The van der Waals surface area contributed by atoms with E-state index in [9.17, 15) is 18.0 Å². The SMILES string of the molecule is NCCCCCNC(=O)c1cc(F)c(F)c(O)c1F. The maximum absolute atomic E-state index is 13.4. The number of phenolic OH excluding ortho intramolecular Hbond substituents is 1. The smallest absolute Gasteiger partial charge is 0.254 e. The van der Waals surface area contributed by atoms with Gasteiger partial charge in [-0.3, -0.25) is 4.79 Å². The standard InChI is InChI=1S/C12H15F3N2O2/c13-8-6-7(9(14)11(18)10(8)15)12(19)17-5-3-1-2-4-16/h6,18H,1-5,16H2,(H,17,19). The number of halogens is 3. The molecule has 0 aliphatic carbocycles. The highest BCUT2D eigenvalue weighted by molar-refractivity contribution is 5.94. The second kappa shape index (κ2) is 6.98. The van der Waals surface area contributed by atoms with Crippen molar-refractivity contribution in [3.8, 4) is 5.75 Å². The molecule has 1 aromatic rings. The number of nitrogens with one attached hydrogen (secondary N) is 1. The van der Waals surface area contributed by atoms with Crippen LogP contribution >= 0.6 is 0 Å². The zero-order valence-corrected chi connectivity index (χ0v) is 10.2. The van der Waals surface area contributed by atoms with Crippen molar-refractivity contribution in [1.82, 2.24) is 5.32 Å². The molecule has 0 atom stereocenters. The Morgan fingerprint density at radius 1 is 1.21 bits per heavy atom. The lowest BCUT2D eigenvalue weighted by Gasteiger charge is -2.08. The molecule has 106 valence electrons. The number of nitrogens with two attached hydrogens (primary N) is 1. The van der Waals surface area contributed by atoms with Crippen LogP contribution in [0.2, 0.25) is 0 Å². The minimum Gasteiger partial charge on any atom is -0.503 e. The highest BCUT2D eigenvalue weighted by atomic mass is 19.2. The van der Waals surface area contributed by atoms with Crippen LogP contribution in [0.3, 0.4) is 0 Å². The fraction of sp³-hybridized carbons (Fsp3) is 0.417. The van der Waals surface area contributed by atoms with Gasteiger partial charge in [-0.2, -0.15) is 4.39 Å². The van der Waals surface area contributed by atoms with Gasteiger partial charge in [0.2, 0.25) is 5.82 Å². The Morgan fingerprint density at radius 3 is 2.53 bits per heavy atom. The number of unbranched alkanes of at least 4 members (excludes halogenated alkanes) is 2. The quantitative estimate of drug-likeness (QED) is 0.546. The predicted octanol–water partition coefficient (Wildman–Crippen LogP) is 1.67. The van der Waals surface area contributed by atoms with Gasteiger partial charge in [0.15, 0.2) is 17.4 Å². The van der Waals surface area contributed by atoms with Gasteiger partial charge < -0.3 is 16.2 Å². The Hall–Kier alpha value is -1.76. The number of carbonyl (C=O) groups is 1. The molecule has 7 heteroatoms. The van der Waals surface area contributed by atoms with E-state index >= 15 is 0 Å². The first-order valence-corrected chi connectivity index (χ1v) is 5.83. The number of carbonyl (C=O) groups excluding carboxylic acids is 1. The minimum absolute atomic E-state index is 0.262. The molecular formula is C12H15F3N2O2. The second-order valence-electron chi connectivity index (χ2n) is 3.99. The van der Waals surface area contributed by atoms with Crippen LogP contribution in [0.4, 0.5) is 13.2 Å². The Balaban J connectivity index is 2.67. The van der Waals surface area contributed by atoms with E-state index in [0.29, 0.717) is 19.0 Å². The van der Waals surface area contributed by atoms with Crippen LogP contribution in [-0.2, 0) is 0 Å². The molecule has 1 amide bonds. The Kier molecular flexibility index (Phi) is 5.62. The number of amides is 1. The Morgan fingerprint density at radius 2 is 1.89 bits per heavy atom. The average Bonchev–Trinajstić information content (AvgIpc) is 2.40. The Labute approximate surface area is 108 Å². The van der Waals surface area contributed by atoms with Crippen molar-refractivity contribution in [1.29, 1.82) is 0 Å². The van der Waals surface area contributed by atoms with Gasteiger partial charge >= 0.3 is 0 Å². The summed E-state index contributed by atoms with van der Waals surface area (Å²) in [4.78, 5) is 11.5. The zero-order chi connectivity index (χ0) is 14.4. The van der Waals surface area contributed by atoms with Gasteiger partial charge in [0.05, 0.1) is 5.56 Å². The third kappa shape index (κ3) is 3.85. The van der Waals surface area contributed by atoms with Crippen molar-refractivity contribution in [3.05, 3.63) is 29.1 Å². The maximum atomic E-state index is 13.4. The molecule has 0 fully saturated rings. The molecule has 0 aliphatic heterocycles. The molecule has 0 aliphatic rings. The van der Waals surface area contributed by atoms with E-state index in [1.807, 2.05) is 0 Å². The van der Waals surface area contributed by atoms with Gasteiger partial charge in [0, 0.05) is 6.54 Å². The summed E-state index contributed by atoms with van der Waals surface area (Å²) in [5, 5.41) is 11.3. The van der Waals surface area contributed by atoms with Crippen LogP contribution in [0, 0.1) is 17.5 Å². The summed E-state index contributed by atoms with van der Waals surface area (Å²) >= 11 is 0. The van der Waals surface area contributed by atoms with E-state index in [1.165, 1.54) is 0 Å². The normalized spacial score (nSPS) is 10.5. The number of aromatic hydroxyl groups is 1. The molecule has 0 bridgehead atoms. The lowest BCUT2D eigenvalue weighted by molar-refractivity contribution is 0.0947. The van der Waals surface area contributed by atoms with Crippen molar-refractivity contribution in [3.63, 3.8) is 0 Å². The first-order chi connectivity index (χ1) is 8.99. The van der Waals surface area contributed by atoms with Gasteiger partial charge in [-0.1, -0.05) is 6.42 Å². The summed E-state index contributed by atoms with van der Waals surface area (Å²) in [6.45, 7) is 0.803. The van der Waals surface area contributed by atoms with Gasteiger partial charge in [0.25, 0.3) is 5.91 Å². The number of hydrogen-bond donors (Lipinski definition) is 3. The van der Waals surface area contributed by atoms with Crippen LogP contribution < -0.4 is 11.1 Å². The van der Waals surface area contributed by atoms with Crippen LogP contribution in [0.5, 0.6) is 5.75 Å². The molecule has 0 spiro atoms.